The summed E-state index contributed by atoms with van der Waals surface area (Å²) in [4.78, 5) is 28.6. The van der Waals surface area contributed by atoms with Crippen molar-refractivity contribution in [3.8, 4) is 0 Å². The number of thiophene rings is 1. The molecule has 1 aliphatic carbocycles. The second-order valence-electron chi connectivity index (χ2n) is 6.98. The standard InChI is InChI=1S/C17H25N3O4S2/c1-12-13(2)20(17(22)14-5-3-6-14)9-8-19(12)15(21)11-18-26(23,24)16-7-4-10-25-16/h4,7,10,12-14,18H,3,5-6,8-9,11H2,1-2H3/t12-,13-/m1/s1. The van der Waals surface area contributed by atoms with Crippen LogP contribution in [0.5, 0.6) is 0 Å². The van der Waals surface area contributed by atoms with Crippen molar-refractivity contribution in [2.24, 2.45) is 5.92 Å². The Morgan fingerprint density at radius 3 is 2.42 bits per heavy atom. The Morgan fingerprint density at radius 2 is 1.85 bits per heavy atom. The molecule has 9 heteroatoms. The van der Waals surface area contributed by atoms with Gasteiger partial charge < -0.3 is 9.80 Å². The molecule has 1 aromatic heterocycles. The number of amides is 2. The molecule has 2 heterocycles. The van der Waals surface area contributed by atoms with E-state index in [9.17, 15) is 18.0 Å². The Labute approximate surface area is 158 Å². The molecule has 0 unspecified atom stereocenters. The smallest absolute Gasteiger partial charge is 0.250 e. The number of sulfonamides is 1. The molecule has 1 saturated carbocycles. The summed E-state index contributed by atoms with van der Waals surface area (Å²) in [5.74, 6) is 0.0748. The van der Waals surface area contributed by atoms with Crippen LogP contribution in [0.2, 0.25) is 0 Å². The maximum absolute atomic E-state index is 12.5. The molecule has 0 bridgehead atoms. The Morgan fingerprint density at radius 1 is 1.19 bits per heavy atom. The van der Waals surface area contributed by atoms with Crippen LogP contribution in [0.25, 0.3) is 0 Å². The monoisotopic (exact) mass is 399 g/mol. The van der Waals surface area contributed by atoms with Crippen molar-refractivity contribution in [1.82, 2.24) is 14.5 Å². The number of piperazine rings is 1. The number of carbonyl (C=O) groups is 2. The van der Waals surface area contributed by atoms with Gasteiger partial charge in [0.25, 0.3) is 10.0 Å². The van der Waals surface area contributed by atoms with Crippen LogP contribution in [-0.4, -0.2) is 61.7 Å². The third kappa shape index (κ3) is 3.79. The molecule has 2 fully saturated rings. The summed E-state index contributed by atoms with van der Waals surface area (Å²) in [5.41, 5.74) is 0. The molecule has 0 radical (unpaired) electrons. The van der Waals surface area contributed by atoms with E-state index in [1.165, 1.54) is 6.07 Å². The van der Waals surface area contributed by atoms with Crippen LogP contribution in [0, 0.1) is 5.92 Å². The van der Waals surface area contributed by atoms with Gasteiger partial charge in [-0.05, 0) is 38.1 Å². The van der Waals surface area contributed by atoms with Gasteiger partial charge in [-0.1, -0.05) is 12.5 Å². The van der Waals surface area contributed by atoms with E-state index in [-0.39, 0.29) is 40.6 Å². The summed E-state index contributed by atoms with van der Waals surface area (Å²) in [7, 11) is -3.66. The van der Waals surface area contributed by atoms with Crippen LogP contribution >= 0.6 is 11.3 Å². The van der Waals surface area contributed by atoms with Gasteiger partial charge in [0.15, 0.2) is 0 Å². The summed E-state index contributed by atoms with van der Waals surface area (Å²) in [5, 5.41) is 1.68. The van der Waals surface area contributed by atoms with Gasteiger partial charge in [0, 0.05) is 31.1 Å². The minimum atomic E-state index is -3.66. The first-order valence-electron chi connectivity index (χ1n) is 8.94. The second kappa shape index (κ2) is 7.66. The molecule has 0 spiro atoms. The van der Waals surface area contributed by atoms with Gasteiger partial charge in [0.2, 0.25) is 11.8 Å². The summed E-state index contributed by atoms with van der Waals surface area (Å²) in [6.45, 7) is 4.54. The van der Waals surface area contributed by atoms with Crippen molar-refractivity contribution >= 4 is 33.2 Å². The van der Waals surface area contributed by atoms with Gasteiger partial charge in [-0.2, -0.15) is 0 Å². The third-order valence-electron chi connectivity index (χ3n) is 5.49. The highest BCUT2D eigenvalue weighted by Crippen LogP contribution is 2.30. The van der Waals surface area contributed by atoms with E-state index in [1.54, 1.807) is 16.3 Å². The van der Waals surface area contributed by atoms with Crippen molar-refractivity contribution in [1.29, 1.82) is 0 Å². The van der Waals surface area contributed by atoms with Gasteiger partial charge in [0.1, 0.15) is 4.21 Å². The first-order chi connectivity index (χ1) is 12.3. The number of hydrogen-bond acceptors (Lipinski definition) is 5. The zero-order valence-electron chi connectivity index (χ0n) is 15.1. The number of nitrogens with one attached hydrogen (secondary N) is 1. The van der Waals surface area contributed by atoms with Crippen LogP contribution in [0.4, 0.5) is 0 Å². The minimum absolute atomic E-state index is 0.0743. The molecule has 2 aliphatic rings. The van der Waals surface area contributed by atoms with Crippen LogP contribution in [-0.2, 0) is 19.6 Å². The molecule has 3 rings (SSSR count). The van der Waals surface area contributed by atoms with E-state index in [0.29, 0.717) is 13.1 Å². The molecule has 1 N–H and O–H groups in total. The molecule has 1 aliphatic heterocycles. The molecule has 26 heavy (non-hydrogen) atoms. The highest BCUT2D eigenvalue weighted by molar-refractivity contribution is 7.91. The molecule has 0 aromatic carbocycles. The first kappa shape index (κ1) is 19.3. The maximum atomic E-state index is 12.5. The average Bonchev–Trinajstić information content (AvgIpc) is 3.09. The van der Waals surface area contributed by atoms with Crippen molar-refractivity contribution in [2.75, 3.05) is 19.6 Å². The first-order valence-corrected chi connectivity index (χ1v) is 11.3. The van der Waals surface area contributed by atoms with Crippen LogP contribution in [0.1, 0.15) is 33.1 Å². The number of hydrogen-bond donors (Lipinski definition) is 1. The summed E-state index contributed by atoms with van der Waals surface area (Å²) < 4.78 is 26.9. The van der Waals surface area contributed by atoms with E-state index in [4.69, 9.17) is 0 Å². The Bertz CT molecular complexity index is 759. The topological polar surface area (TPSA) is 86.8 Å². The Hall–Kier alpha value is -1.45. The van der Waals surface area contributed by atoms with Crippen LogP contribution in [0.15, 0.2) is 21.7 Å². The fraction of sp³-hybridized carbons (Fsp3) is 0.647. The predicted molar refractivity (Wildman–Crippen MR) is 99.2 cm³/mol. The lowest BCUT2D eigenvalue weighted by Crippen LogP contribution is -2.62. The predicted octanol–water partition coefficient (Wildman–Crippen LogP) is 1.27. The van der Waals surface area contributed by atoms with E-state index in [0.717, 1.165) is 30.6 Å². The molecule has 7 nitrogen and oxygen atoms in total. The van der Waals surface area contributed by atoms with Gasteiger partial charge >= 0.3 is 0 Å². The quantitative estimate of drug-likeness (QED) is 0.808. The zero-order chi connectivity index (χ0) is 18.9. The Balaban J connectivity index is 1.58. The normalized spacial score (nSPS) is 24.4. The number of nitrogens with zero attached hydrogens (tertiary/aromatic N) is 2. The lowest BCUT2D eigenvalue weighted by Gasteiger charge is -2.46. The molecular weight excluding hydrogens is 374 g/mol. The SMILES string of the molecule is C[C@@H]1[C@@H](C)N(C(=O)C2CCC2)CCN1C(=O)CNS(=O)(=O)c1cccs1. The maximum Gasteiger partial charge on any atom is 0.250 e. The van der Waals surface area contributed by atoms with Crippen LogP contribution < -0.4 is 4.72 Å². The lowest BCUT2D eigenvalue weighted by atomic mass is 9.83. The third-order valence-corrected chi connectivity index (χ3v) is 8.29. The summed E-state index contributed by atoms with van der Waals surface area (Å²) in [6, 6.07) is 2.94. The minimum Gasteiger partial charge on any atom is -0.336 e. The zero-order valence-corrected chi connectivity index (χ0v) is 16.7. The van der Waals surface area contributed by atoms with E-state index < -0.39 is 10.0 Å². The van der Waals surface area contributed by atoms with E-state index in [1.807, 2.05) is 18.7 Å². The van der Waals surface area contributed by atoms with E-state index >= 15 is 0 Å². The highest BCUT2D eigenvalue weighted by Gasteiger charge is 2.39. The van der Waals surface area contributed by atoms with Crippen molar-refractivity contribution in [2.45, 2.75) is 49.4 Å². The van der Waals surface area contributed by atoms with Gasteiger partial charge in [-0.3, -0.25) is 9.59 Å². The molecule has 1 aromatic rings. The molecule has 2 amide bonds. The fourth-order valence-corrected chi connectivity index (χ4v) is 5.45. The number of carbonyl (C=O) groups excluding carboxylic acids is 2. The molecule has 2 atom stereocenters. The molecular formula is C17H25N3O4S2. The van der Waals surface area contributed by atoms with Crippen molar-refractivity contribution in [3.05, 3.63) is 17.5 Å². The average molecular weight is 400 g/mol. The van der Waals surface area contributed by atoms with Crippen molar-refractivity contribution < 1.29 is 18.0 Å². The number of rotatable bonds is 5. The fourth-order valence-electron chi connectivity index (χ4n) is 3.44. The Kier molecular flexibility index (Phi) is 5.69. The largest absolute Gasteiger partial charge is 0.336 e. The molecule has 144 valence electrons. The van der Waals surface area contributed by atoms with Crippen molar-refractivity contribution in [3.63, 3.8) is 0 Å². The van der Waals surface area contributed by atoms with Gasteiger partial charge in [-0.15, -0.1) is 11.3 Å². The second-order valence-corrected chi connectivity index (χ2v) is 9.93. The van der Waals surface area contributed by atoms with Gasteiger partial charge in [0.05, 0.1) is 6.54 Å². The lowest BCUT2D eigenvalue weighted by molar-refractivity contribution is -0.150. The van der Waals surface area contributed by atoms with Gasteiger partial charge in [-0.25, -0.2) is 13.1 Å². The van der Waals surface area contributed by atoms with Crippen LogP contribution in [0.3, 0.4) is 0 Å². The van der Waals surface area contributed by atoms with E-state index in [2.05, 4.69) is 4.72 Å². The summed E-state index contributed by atoms with van der Waals surface area (Å²) >= 11 is 1.11. The highest BCUT2D eigenvalue weighted by atomic mass is 32.2. The summed E-state index contributed by atoms with van der Waals surface area (Å²) in [6.07, 6.45) is 3.04. The molecule has 1 saturated heterocycles.